The largest absolute Gasteiger partial charge is 0.328 e. The van der Waals surface area contributed by atoms with Crippen molar-refractivity contribution in [1.29, 1.82) is 0 Å². The zero-order valence-electron chi connectivity index (χ0n) is 9.64. The summed E-state index contributed by atoms with van der Waals surface area (Å²) in [5, 5.41) is 1.18. The fourth-order valence-electron chi connectivity index (χ4n) is 2.03. The molecule has 94 valence electrons. The molecule has 1 aromatic heterocycles. The number of hydrogen-bond donors (Lipinski definition) is 0. The molecule has 3 nitrogen and oxygen atoms in total. The lowest BCUT2D eigenvalue weighted by molar-refractivity contribution is 0.656. The van der Waals surface area contributed by atoms with Crippen LogP contribution in [0.15, 0.2) is 35.4 Å². The number of halogens is 2. The molecule has 1 saturated carbocycles. The Bertz CT molecular complexity index is 620. The first kappa shape index (κ1) is 11.9. The molecule has 1 fully saturated rings. The minimum atomic E-state index is 0.00786. The number of nitrogens with zero attached hydrogens (tertiary/aromatic N) is 2. The van der Waals surface area contributed by atoms with Crippen LogP contribution in [0.4, 0.5) is 0 Å². The van der Waals surface area contributed by atoms with E-state index in [1.54, 1.807) is 33.5 Å². The molecule has 0 N–H and O–H groups in total. The van der Waals surface area contributed by atoms with Gasteiger partial charge in [-0.3, -0.25) is 9.13 Å². The molecular weight excluding hydrogens is 271 g/mol. The number of hydrogen-bond acceptors (Lipinski definition) is 1. The Hall–Kier alpha value is -1.19. The SMILES string of the molecule is O=c1n(Cc2c(Cl)cccc2Cl)ccn1C1CC1. The molecule has 1 aliphatic rings. The lowest BCUT2D eigenvalue weighted by Crippen LogP contribution is -2.24. The van der Waals surface area contributed by atoms with Crippen molar-refractivity contribution in [3.63, 3.8) is 0 Å². The van der Waals surface area contributed by atoms with Crippen molar-refractivity contribution in [2.24, 2.45) is 0 Å². The summed E-state index contributed by atoms with van der Waals surface area (Å²) in [4.78, 5) is 12.1. The van der Waals surface area contributed by atoms with Crippen molar-refractivity contribution >= 4 is 23.2 Å². The first-order valence-corrected chi connectivity index (χ1v) is 6.62. The molecule has 3 rings (SSSR count). The van der Waals surface area contributed by atoms with E-state index in [1.807, 2.05) is 6.20 Å². The minimum Gasteiger partial charge on any atom is -0.296 e. The fourth-order valence-corrected chi connectivity index (χ4v) is 2.55. The lowest BCUT2D eigenvalue weighted by atomic mass is 10.2. The molecule has 0 atom stereocenters. The standard InChI is InChI=1S/C13H12Cl2N2O/c14-11-2-1-3-12(15)10(11)8-16-6-7-17(13(16)18)9-4-5-9/h1-3,6-7,9H,4-5,8H2. The Morgan fingerprint density at radius 2 is 1.83 bits per heavy atom. The third-order valence-corrected chi connectivity index (χ3v) is 3.91. The molecule has 1 aromatic carbocycles. The van der Waals surface area contributed by atoms with Crippen molar-refractivity contribution in [2.75, 3.05) is 0 Å². The molecule has 0 radical (unpaired) electrons. The molecule has 0 amide bonds. The van der Waals surface area contributed by atoms with Gasteiger partial charge in [0.2, 0.25) is 0 Å². The van der Waals surface area contributed by atoms with Crippen molar-refractivity contribution in [3.8, 4) is 0 Å². The van der Waals surface area contributed by atoms with Gasteiger partial charge < -0.3 is 0 Å². The van der Waals surface area contributed by atoms with Crippen LogP contribution < -0.4 is 5.69 Å². The van der Waals surface area contributed by atoms with Crippen LogP contribution in [0.3, 0.4) is 0 Å². The number of benzene rings is 1. The maximum atomic E-state index is 12.1. The maximum Gasteiger partial charge on any atom is 0.328 e. The van der Waals surface area contributed by atoms with E-state index in [1.165, 1.54) is 0 Å². The first-order chi connectivity index (χ1) is 8.66. The average Bonchev–Trinajstić information content (AvgIpc) is 3.11. The molecule has 2 aromatic rings. The van der Waals surface area contributed by atoms with Gasteiger partial charge in [0.05, 0.1) is 6.54 Å². The van der Waals surface area contributed by atoms with Gasteiger partial charge in [-0.25, -0.2) is 4.79 Å². The zero-order valence-corrected chi connectivity index (χ0v) is 11.2. The van der Waals surface area contributed by atoms with E-state index in [0.29, 0.717) is 22.6 Å². The van der Waals surface area contributed by atoms with Gasteiger partial charge in [0.25, 0.3) is 0 Å². The van der Waals surface area contributed by atoms with E-state index in [2.05, 4.69) is 0 Å². The fraction of sp³-hybridized carbons (Fsp3) is 0.308. The van der Waals surface area contributed by atoms with Crippen molar-refractivity contribution in [3.05, 3.63) is 56.7 Å². The average molecular weight is 283 g/mol. The summed E-state index contributed by atoms with van der Waals surface area (Å²) < 4.78 is 3.43. The molecular formula is C13H12Cl2N2O. The van der Waals surface area contributed by atoms with Crippen LogP contribution in [0, 0.1) is 0 Å². The zero-order chi connectivity index (χ0) is 12.7. The monoisotopic (exact) mass is 282 g/mol. The molecule has 18 heavy (non-hydrogen) atoms. The van der Waals surface area contributed by atoms with Crippen LogP contribution in [-0.4, -0.2) is 9.13 Å². The highest BCUT2D eigenvalue weighted by Crippen LogP contribution is 2.33. The Balaban J connectivity index is 1.95. The van der Waals surface area contributed by atoms with Crippen molar-refractivity contribution in [2.45, 2.75) is 25.4 Å². The number of rotatable bonds is 3. The van der Waals surface area contributed by atoms with E-state index >= 15 is 0 Å². The molecule has 0 spiro atoms. The summed E-state index contributed by atoms with van der Waals surface area (Å²) in [5.41, 5.74) is 0.796. The highest BCUT2D eigenvalue weighted by atomic mass is 35.5. The minimum absolute atomic E-state index is 0.00786. The maximum absolute atomic E-state index is 12.1. The van der Waals surface area contributed by atoms with Crippen LogP contribution in [-0.2, 0) is 6.54 Å². The molecule has 0 saturated heterocycles. The Kier molecular flexibility index (Phi) is 2.96. The molecule has 1 heterocycles. The van der Waals surface area contributed by atoms with Crippen LogP contribution in [0.1, 0.15) is 24.4 Å². The third kappa shape index (κ3) is 2.08. The summed E-state index contributed by atoms with van der Waals surface area (Å²) in [7, 11) is 0. The lowest BCUT2D eigenvalue weighted by Gasteiger charge is -2.07. The van der Waals surface area contributed by atoms with Gasteiger partial charge in [-0.05, 0) is 25.0 Å². The molecule has 1 aliphatic carbocycles. The summed E-state index contributed by atoms with van der Waals surface area (Å²) >= 11 is 12.2. The van der Waals surface area contributed by atoms with E-state index in [-0.39, 0.29) is 5.69 Å². The normalized spacial score (nSPS) is 15.0. The molecule has 0 aliphatic heterocycles. The summed E-state index contributed by atoms with van der Waals surface area (Å²) in [6.07, 6.45) is 5.82. The summed E-state index contributed by atoms with van der Waals surface area (Å²) in [5.74, 6) is 0. The van der Waals surface area contributed by atoms with Crippen LogP contribution in [0.25, 0.3) is 0 Å². The predicted octanol–water partition coefficient (Wildman–Crippen LogP) is 3.34. The highest BCUT2D eigenvalue weighted by Gasteiger charge is 2.25. The van der Waals surface area contributed by atoms with Gasteiger partial charge in [0, 0.05) is 34.0 Å². The predicted molar refractivity (Wildman–Crippen MR) is 72.5 cm³/mol. The highest BCUT2D eigenvalue weighted by molar-refractivity contribution is 6.35. The second-order valence-corrected chi connectivity index (χ2v) is 5.36. The molecule has 0 bridgehead atoms. The third-order valence-electron chi connectivity index (χ3n) is 3.20. The van der Waals surface area contributed by atoms with Gasteiger partial charge in [-0.1, -0.05) is 29.3 Å². The number of aromatic nitrogens is 2. The second-order valence-electron chi connectivity index (χ2n) is 4.55. The van der Waals surface area contributed by atoms with Gasteiger partial charge in [0.15, 0.2) is 0 Å². The van der Waals surface area contributed by atoms with Gasteiger partial charge in [0.1, 0.15) is 0 Å². The van der Waals surface area contributed by atoms with Gasteiger partial charge in [-0.15, -0.1) is 0 Å². The summed E-state index contributed by atoms with van der Waals surface area (Å²) in [6, 6.07) is 5.75. The topological polar surface area (TPSA) is 26.9 Å². The van der Waals surface area contributed by atoms with Crippen LogP contribution in [0.2, 0.25) is 10.0 Å². The Morgan fingerprint density at radius 1 is 1.17 bits per heavy atom. The molecule has 0 unspecified atom stereocenters. The second kappa shape index (κ2) is 4.48. The smallest absolute Gasteiger partial charge is 0.296 e. The van der Waals surface area contributed by atoms with Crippen molar-refractivity contribution in [1.82, 2.24) is 9.13 Å². The molecule has 5 heteroatoms. The van der Waals surface area contributed by atoms with Gasteiger partial charge in [-0.2, -0.15) is 0 Å². The van der Waals surface area contributed by atoms with E-state index < -0.39 is 0 Å². The summed E-state index contributed by atoms with van der Waals surface area (Å²) in [6.45, 7) is 0.414. The Morgan fingerprint density at radius 3 is 2.44 bits per heavy atom. The van der Waals surface area contributed by atoms with E-state index in [9.17, 15) is 4.79 Å². The van der Waals surface area contributed by atoms with Gasteiger partial charge >= 0.3 is 5.69 Å². The quantitative estimate of drug-likeness (QED) is 0.848. The number of imidazole rings is 1. The van der Waals surface area contributed by atoms with E-state index in [0.717, 1.165) is 18.4 Å². The van der Waals surface area contributed by atoms with Crippen LogP contribution in [0.5, 0.6) is 0 Å². The first-order valence-electron chi connectivity index (χ1n) is 5.87. The van der Waals surface area contributed by atoms with Crippen molar-refractivity contribution < 1.29 is 0 Å². The Labute approximate surface area is 115 Å². The van der Waals surface area contributed by atoms with E-state index in [4.69, 9.17) is 23.2 Å². The van der Waals surface area contributed by atoms with Crippen LogP contribution >= 0.6 is 23.2 Å².